The van der Waals surface area contributed by atoms with Crippen LogP contribution in [0.5, 0.6) is 0 Å². The lowest BCUT2D eigenvalue weighted by molar-refractivity contribution is -0.148. The molecular formula is C16H34N2O2Si. The zero-order valence-electron chi connectivity index (χ0n) is 15.0. The van der Waals surface area contributed by atoms with Crippen molar-refractivity contribution in [3.05, 3.63) is 0 Å². The summed E-state index contributed by atoms with van der Waals surface area (Å²) in [5.41, 5.74) is 0.188. The van der Waals surface area contributed by atoms with E-state index in [1.54, 1.807) is 0 Å². The van der Waals surface area contributed by atoms with Crippen LogP contribution in [0.3, 0.4) is 0 Å². The van der Waals surface area contributed by atoms with Gasteiger partial charge in [0.15, 0.2) is 0 Å². The fraction of sp³-hybridized carbons (Fsp3) is 0.938. The Bertz CT molecular complexity index is 342. The number of nitrogens with zero attached hydrogens (tertiary/aromatic N) is 2. The molecule has 0 radical (unpaired) electrons. The van der Waals surface area contributed by atoms with Gasteiger partial charge in [-0.1, -0.05) is 20.0 Å². The fourth-order valence-electron chi connectivity index (χ4n) is 3.33. The van der Waals surface area contributed by atoms with Crippen molar-refractivity contribution in [1.82, 2.24) is 9.80 Å². The first-order valence-corrected chi connectivity index (χ1v) is 11.3. The lowest BCUT2D eigenvalue weighted by Gasteiger charge is -2.52. The highest BCUT2D eigenvalue weighted by Gasteiger charge is 2.38. The molecule has 0 amide bonds. The van der Waals surface area contributed by atoms with Gasteiger partial charge in [-0.05, 0) is 34.1 Å². The monoisotopic (exact) mass is 314 g/mol. The van der Waals surface area contributed by atoms with E-state index < -0.39 is 8.80 Å². The third kappa shape index (κ3) is 5.08. The van der Waals surface area contributed by atoms with E-state index in [1.807, 2.05) is 13.8 Å². The summed E-state index contributed by atoms with van der Waals surface area (Å²) in [6, 6.07) is 0. The molecular weight excluding hydrogens is 280 g/mol. The Kier molecular flexibility index (Phi) is 6.88. The van der Waals surface area contributed by atoms with Gasteiger partial charge in [-0.2, -0.15) is 0 Å². The van der Waals surface area contributed by atoms with Crippen LogP contribution in [0.1, 0.15) is 41.0 Å². The van der Waals surface area contributed by atoms with Gasteiger partial charge in [0.2, 0.25) is 0 Å². The summed E-state index contributed by atoms with van der Waals surface area (Å²) in [6.45, 7) is 19.2. The third-order valence-electron chi connectivity index (χ3n) is 4.19. The molecule has 0 aliphatic carbocycles. The van der Waals surface area contributed by atoms with E-state index in [9.17, 15) is 4.79 Å². The van der Waals surface area contributed by atoms with Crippen molar-refractivity contribution in [2.45, 2.75) is 65.5 Å². The molecule has 2 atom stereocenters. The van der Waals surface area contributed by atoms with Crippen LogP contribution in [0.15, 0.2) is 0 Å². The molecule has 0 aromatic heterocycles. The van der Waals surface area contributed by atoms with Gasteiger partial charge in [-0.15, -0.1) is 0 Å². The van der Waals surface area contributed by atoms with Crippen LogP contribution < -0.4 is 0 Å². The van der Waals surface area contributed by atoms with Crippen molar-refractivity contribution >= 4 is 14.8 Å². The minimum absolute atomic E-state index is 0.0416. The Hall–Kier alpha value is -0.393. The summed E-state index contributed by atoms with van der Waals surface area (Å²) in [5, 5.41) is 0. The molecule has 21 heavy (non-hydrogen) atoms. The van der Waals surface area contributed by atoms with Crippen molar-refractivity contribution in [3.63, 3.8) is 0 Å². The highest BCUT2D eigenvalue weighted by molar-refractivity contribution is 6.57. The summed E-state index contributed by atoms with van der Waals surface area (Å²) in [4.78, 5) is 17.1. The van der Waals surface area contributed by atoms with E-state index in [0.717, 1.165) is 13.1 Å². The van der Waals surface area contributed by atoms with Crippen LogP contribution >= 0.6 is 0 Å². The molecule has 5 heteroatoms. The van der Waals surface area contributed by atoms with E-state index in [2.05, 4.69) is 43.7 Å². The first-order valence-electron chi connectivity index (χ1n) is 8.36. The quantitative estimate of drug-likeness (QED) is 0.576. The van der Waals surface area contributed by atoms with Gasteiger partial charge >= 0.3 is 5.97 Å². The number of carbonyl (C=O) groups excluding carboxylic acids is 1. The molecule has 1 aliphatic heterocycles. The Labute approximate surface area is 132 Å². The normalized spacial score (nSPS) is 23.3. The Balaban J connectivity index is 2.81. The molecule has 4 nitrogen and oxygen atoms in total. The standard InChI is InChI=1S/C16H34N2O2Si/c1-8-20-14(19)13(2)12-17-10-9-11-18(16(3,4)5)15(17)21(6)7/h13,15,21H,8-12H2,1-7H3. The summed E-state index contributed by atoms with van der Waals surface area (Å²) in [7, 11) is -0.874. The van der Waals surface area contributed by atoms with Crippen molar-refractivity contribution < 1.29 is 9.53 Å². The second-order valence-electron chi connectivity index (χ2n) is 7.52. The lowest BCUT2D eigenvalue weighted by atomic mass is 10.0. The topological polar surface area (TPSA) is 32.8 Å². The smallest absolute Gasteiger partial charge is 0.309 e. The summed E-state index contributed by atoms with van der Waals surface area (Å²) in [6.07, 6.45) is 1.18. The maximum absolute atomic E-state index is 11.9. The number of esters is 1. The van der Waals surface area contributed by atoms with Crippen LogP contribution in [0.2, 0.25) is 13.1 Å². The molecule has 1 fully saturated rings. The lowest BCUT2D eigenvalue weighted by Crippen LogP contribution is -2.65. The van der Waals surface area contributed by atoms with E-state index >= 15 is 0 Å². The van der Waals surface area contributed by atoms with Gasteiger partial charge in [-0.25, -0.2) is 0 Å². The predicted molar refractivity (Wildman–Crippen MR) is 91.1 cm³/mol. The SMILES string of the molecule is CCOC(=O)C(C)CN1CCCN(C(C)(C)C)C1[SiH](C)C. The van der Waals surface area contributed by atoms with Gasteiger partial charge in [0.25, 0.3) is 0 Å². The van der Waals surface area contributed by atoms with Crippen molar-refractivity contribution in [1.29, 1.82) is 0 Å². The van der Waals surface area contributed by atoms with Gasteiger partial charge in [0.05, 0.1) is 21.3 Å². The second-order valence-corrected chi connectivity index (χ2v) is 10.6. The molecule has 1 rings (SSSR count). The zero-order chi connectivity index (χ0) is 16.2. The van der Waals surface area contributed by atoms with Crippen LogP contribution in [-0.2, 0) is 9.53 Å². The minimum Gasteiger partial charge on any atom is -0.466 e. The van der Waals surface area contributed by atoms with Crippen LogP contribution in [0.4, 0.5) is 0 Å². The van der Waals surface area contributed by atoms with Crippen LogP contribution in [-0.4, -0.2) is 62.1 Å². The van der Waals surface area contributed by atoms with E-state index in [1.165, 1.54) is 13.0 Å². The highest BCUT2D eigenvalue weighted by Crippen LogP contribution is 2.26. The molecule has 0 aromatic carbocycles. The molecule has 1 heterocycles. The average Bonchev–Trinajstić information content (AvgIpc) is 2.37. The predicted octanol–water partition coefficient (Wildman–Crippen LogP) is 2.34. The van der Waals surface area contributed by atoms with E-state index in [0.29, 0.717) is 12.4 Å². The minimum atomic E-state index is -0.874. The Morgan fingerprint density at radius 1 is 1.33 bits per heavy atom. The second kappa shape index (κ2) is 7.74. The van der Waals surface area contributed by atoms with Crippen LogP contribution in [0, 0.1) is 5.92 Å². The summed E-state index contributed by atoms with van der Waals surface area (Å²) >= 11 is 0. The molecule has 0 aromatic rings. The van der Waals surface area contributed by atoms with Crippen LogP contribution in [0.25, 0.3) is 0 Å². The molecule has 0 bridgehead atoms. The number of hydrogen-bond donors (Lipinski definition) is 0. The van der Waals surface area contributed by atoms with Crippen molar-refractivity contribution in [2.24, 2.45) is 5.92 Å². The third-order valence-corrected chi connectivity index (χ3v) is 6.17. The maximum Gasteiger partial charge on any atom is 0.309 e. The molecule has 2 unspecified atom stereocenters. The molecule has 124 valence electrons. The maximum atomic E-state index is 11.9. The van der Waals surface area contributed by atoms with E-state index in [-0.39, 0.29) is 17.4 Å². The van der Waals surface area contributed by atoms with E-state index in [4.69, 9.17) is 4.74 Å². The largest absolute Gasteiger partial charge is 0.466 e. The summed E-state index contributed by atoms with van der Waals surface area (Å²) < 4.78 is 5.17. The number of hydrogen-bond acceptors (Lipinski definition) is 4. The Morgan fingerprint density at radius 2 is 1.95 bits per heavy atom. The van der Waals surface area contributed by atoms with Gasteiger partial charge in [-0.3, -0.25) is 14.6 Å². The molecule has 1 aliphatic rings. The average molecular weight is 315 g/mol. The van der Waals surface area contributed by atoms with Gasteiger partial charge < -0.3 is 4.74 Å². The number of carbonyl (C=O) groups is 1. The fourth-order valence-corrected chi connectivity index (χ4v) is 5.76. The molecule has 0 spiro atoms. The van der Waals surface area contributed by atoms with Crippen molar-refractivity contribution in [2.75, 3.05) is 26.2 Å². The highest BCUT2D eigenvalue weighted by atomic mass is 28.3. The number of rotatable bonds is 5. The summed E-state index contributed by atoms with van der Waals surface area (Å²) in [5.74, 6) is 0.435. The zero-order valence-corrected chi connectivity index (χ0v) is 16.1. The van der Waals surface area contributed by atoms with Gasteiger partial charge in [0, 0.05) is 31.0 Å². The molecule has 1 saturated heterocycles. The molecule has 0 N–H and O–H groups in total. The Morgan fingerprint density at radius 3 is 2.43 bits per heavy atom. The number of ether oxygens (including phenoxy) is 1. The molecule has 0 saturated carbocycles. The van der Waals surface area contributed by atoms with Crippen molar-refractivity contribution in [3.8, 4) is 0 Å². The first-order chi connectivity index (χ1) is 9.68. The first kappa shape index (κ1) is 18.7. The van der Waals surface area contributed by atoms with Gasteiger partial charge in [0.1, 0.15) is 0 Å².